The van der Waals surface area contributed by atoms with Gasteiger partial charge in [0.2, 0.25) is 0 Å². The molecule has 5 nitrogen and oxygen atoms in total. The van der Waals surface area contributed by atoms with Gasteiger partial charge in [-0.3, -0.25) is 14.4 Å². The highest BCUT2D eigenvalue weighted by atomic mass is 35.5. The molecule has 0 spiro atoms. The Morgan fingerprint density at radius 2 is 1.57 bits per heavy atom. The number of anilines is 2. The molecule has 1 heterocycles. The number of aryl methyl sites for hydroxylation is 1. The molecule has 28 heavy (non-hydrogen) atoms. The average molecular weight is 391 g/mol. The zero-order valence-corrected chi connectivity index (χ0v) is 15.7. The maximum absolute atomic E-state index is 12.6. The molecule has 3 aromatic carbocycles. The summed E-state index contributed by atoms with van der Waals surface area (Å²) in [5.74, 6) is -1.09. The first-order valence-corrected chi connectivity index (χ1v) is 8.99. The van der Waals surface area contributed by atoms with Crippen LogP contribution in [-0.4, -0.2) is 17.7 Å². The second-order valence-corrected chi connectivity index (χ2v) is 6.87. The Balaban J connectivity index is 1.60. The SMILES string of the molecule is Cc1ccc(C(=O)Nc2cccc(N3C(=O)c4ccccc4C3=O)c2)cc1Cl. The lowest BCUT2D eigenvalue weighted by molar-refractivity contribution is 0.0925. The van der Waals surface area contributed by atoms with E-state index in [4.69, 9.17) is 11.6 Å². The number of imide groups is 1. The fourth-order valence-corrected chi connectivity index (χ4v) is 3.26. The molecule has 0 fully saturated rings. The number of fused-ring (bicyclic) bond motifs is 1. The first-order valence-electron chi connectivity index (χ1n) is 8.61. The monoisotopic (exact) mass is 390 g/mol. The Labute approximate surface area is 166 Å². The highest BCUT2D eigenvalue weighted by molar-refractivity contribution is 6.34. The van der Waals surface area contributed by atoms with E-state index < -0.39 is 0 Å². The molecule has 0 saturated heterocycles. The number of rotatable bonds is 3. The topological polar surface area (TPSA) is 66.5 Å². The summed E-state index contributed by atoms with van der Waals surface area (Å²) in [4.78, 5) is 38.9. The molecule has 1 aliphatic heterocycles. The molecule has 0 bridgehead atoms. The van der Waals surface area contributed by atoms with Crippen molar-refractivity contribution in [3.63, 3.8) is 0 Å². The third-order valence-electron chi connectivity index (χ3n) is 4.59. The number of nitrogens with zero attached hydrogens (tertiary/aromatic N) is 1. The quantitative estimate of drug-likeness (QED) is 0.659. The van der Waals surface area contributed by atoms with Crippen LogP contribution in [0.4, 0.5) is 11.4 Å². The second kappa shape index (κ2) is 6.94. The third-order valence-corrected chi connectivity index (χ3v) is 5.00. The minimum Gasteiger partial charge on any atom is -0.322 e. The van der Waals surface area contributed by atoms with Gasteiger partial charge in [0.1, 0.15) is 0 Å². The van der Waals surface area contributed by atoms with Gasteiger partial charge in [-0.25, -0.2) is 4.90 Å². The smallest absolute Gasteiger partial charge is 0.266 e. The Morgan fingerprint density at radius 3 is 2.21 bits per heavy atom. The lowest BCUT2D eigenvalue weighted by Gasteiger charge is -2.15. The summed E-state index contributed by atoms with van der Waals surface area (Å²) in [7, 11) is 0. The van der Waals surface area contributed by atoms with Crippen molar-refractivity contribution in [2.45, 2.75) is 6.92 Å². The van der Waals surface area contributed by atoms with Crippen LogP contribution in [0.3, 0.4) is 0 Å². The van der Waals surface area contributed by atoms with E-state index >= 15 is 0 Å². The summed E-state index contributed by atoms with van der Waals surface area (Å²) in [6.45, 7) is 1.86. The predicted molar refractivity (Wildman–Crippen MR) is 108 cm³/mol. The molecule has 138 valence electrons. The van der Waals surface area contributed by atoms with Crippen molar-refractivity contribution in [1.82, 2.24) is 0 Å². The van der Waals surface area contributed by atoms with Crippen LogP contribution in [0.15, 0.2) is 66.7 Å². The van der Waals surface area contributed by atoms with Crippen molar-refractivity contribution in [1.29, 1.82) is 0 Å². The van der Waals surface area contributed by atoms with Gasteiger partial charge >= 0.3 is 0 Å². The van der Waals surface area contributed by atoms with Crippen LogP contribution in [0, 0.1) is 6.92 Å². The minimum atomic E-state index is -0.380. The van der Waals surface area contributed by atoms with Crippen molar-refractivity contribution in [3.05, 3.63) is 94.0 Å². The van der Waals surface area contributed by atoms with Crippen molar-refractivity contribution < 1.29 is 14.4 Å². The lowest BCUT2D eigenvalue weighted by atomic mass is 10.1. The van der Waals surface area contributed by atoms with Gasteiger partial charge in [-0.05, 0) is 55.0 Å². The molecule has 3 aromatic rings. The fraction of sp³-hybridized carbons (Fsp3) is 0.0455. The molecule has 0 aliphatic carbocycles. The van der Waals surface area contributed by atoms with Crippen molar-refractivity contribution in [3.8, 4) is 0 Å². The largest absolute Gasteiger partial charge is 0.322 e. The van der Waals surface area contributed by atoms with Crippen LogP contribution < -0.4 is 10.2 Å². The minimum absolute atomic E-state index is 0.332. The van der Waals surface area contributed by atoms with E-state index in [1.165, 1.54) is 0 Å². The van der Waals surface area contributed by atoms with Gasteiger partial charge < -0.3 is 5.32 Å². The Hall–Kier alpha value is -3.44. The van der Waals surface area contributed by atoms with Crippen LogP contribution >= 0.6 is 11.6 Å². The number of halogens is 1. The summed E-state index contributed by atoms with van der Waals surface area (Å²) < 4.78 is 0. The molecular weight excluding hydrogens is 376 g/mol. The molecule has 0 aromatic heterocycles. The number of hydrogen-bond donors (Lipinski definition) is 1. The Kier molecular flexibility index (Phi) is 4.45. The Bertz CT molecular complexity index is 1110. The van der Waals surface area contributed by atoms with Crippen LogP contribution in [-0.2, 0) is 0 Å². The third kappa shape index (κ3) is 3.06. The first-order chi connectivity index (χ1) is 13.5. The number of hydrogen-bond acceptors (Lipinski definition) is 3. The number of amides is 3. The van der Waals surface area contributed by atoms with Crippen LogP contribution in [0.1, 0.15) is 36.6 Å². The van der Waals surface area contributed by atoms with Gasteiger partial charge in [0.05, 0.1) is 16.8 Å². The van der Waals surface area contributed by atoms with Gasteiger partial charge in [0, 0.05) is 16.3 Å². The highest BCUT2D eigenvalue weighted by Crippen LogP contribution is 2.30. The van der Waals surface area contributed by atoms with E-state index in [-0.39, 0.29) is 17.7 Å². The lowest BCUT2D eigenvalue weighted by Crippen LogP contribution is -2.29. The number of nitrogens with one attached hydrogen (secondary N) is 1. The fourth-order valence-electron chi connectivity index (χ4n) is 3.08. The van der Waals surface area contributed by atoms with Gasteiger partial charge in [-0.15, -0.1) is 0 Å². The van der Waals surface area contributed by atoms with Crippen LogP contribution in [0.5, 0.6) is 0 Å². The molecular formula is C22H15ClN2O3. The van der Waals surface area contributed by atoms with E-state index in [2.05, 4.69) is 5.32 Å². The number of benzene rings is 3. The molecule has 1 aliphatic rings. The summed E-state index contributed by atoms with van der Waals surface area (Å²) >= 11 is 6.09. The molecule has 0 unspecified atom stereocenters. The summed E-state index contributed by atoms with van der Waals surface area (Å²) in [5.41, 5.74) is 2.90. The molecule has 0 saturated carbocycles. The standard InChI is InChI=1S/C22H15ClN2O3/c1-13-9-10-14(11-19(13)23)20(26)24-15-5-4-6-16(12-15)25-21(27)17-7-2-3-8-18(17)22(25)28/h2-12H,1H3,(H,24,26). The zero-order valence-electron chi connectivity index (χ0n) is 14.9. The zero-order chi connectivity index (χ0) is 19.8. The Morgan fingerprint density at radius 1 is 0.893 bits per heavy atom. The average Bonchev–Trinajstić information content (AvgIpc) is 2.95. The number of carbonyl (C=O) groups excluding carboxylic acids is 3. The van der Waals surface area contributed by atoms with E-state index in [9.17, 15) is 14.4 Å². The summed E-state index contributed by atoms with van der Waals surface area (Å²) in [6.07, 6.45) is 0. The maximum atomic E-state index is 12.6. The van der Waals surface area contributed by atoms with E-state index in [1.54, 1.807) is 66.7 Å². The molecule has 1 N–H and O–H groups in total. The van der Waals surface area contributed by atoms with Crippen molar-refractivity contribution >= 4 is 40.7 Å². The summed E-state index contributed by atoms with van der Waals surface area (Å²) in [6, 6.07) is 18.4. The van der Waals surface area contributed by atoms with Crippen molar-refractivity contribution in [2.75, 3.05) is 10.2 Å². The maximum Gasteiger partial charge on any atom is 0.266 e. The molecule has 4 rings (SSSR count). The van der Waals surface area contributed by atoms with E-state index in [0.29, 0.717) is 33.1 Å². The van der Waals surface area contributed by atoms with Gasteiger partial charge in [0.15, 0.2) is 0 Å². The number of carbonyl (C=O) groups is 3. The molecule has 6 heteroatoms. The molecule has 0 atom stereocenters. The van der Waals surface area contributed by atoms with Crippen LogP contribution in [0.2, 0.25) is 5.02 Å². The highest BCUT2D eigenvalue weighted by Gasteiger charge is 2.36. The molecule has 0 radical (unpaired) electrons. The van der Waals surface area contributed by atoms with Crippen LogP contribution in [0.25, 0.3) is 0 Å². The summed E-state index contributed by atoms with van der Waals surface area (Å²) in [5, 5.41) is 3.28. The normalized spacial score (nSPS) is 12.9. The van der Waals surface area contributed by atoms with Gasteiger partial charge in [0.25, 0.3) is 17.7 Å². The first kappa shape index (κ1) is 17.9. The molecule has 3 amide bonds. The van der Waals surface area contributed by atoms with Gasteiger partial charge in [-0.1, -0.05) is 35.9 Å². The predicted octanol–water partition coefficient (Wildman–Crippen LogP) is 4.70. The van der Waals surface area contributed by atoms with Crippen molar-refractivity contribution in [2.24, 2.45) is 0 Å². The van der Waals surface area contributed by atoms with Gasteiger partial charge in [-0.2, -0.15) is 0 Å². The van der Waals surface area contributed by atoms with E-state index in [1.807, 2.05) is 6.92 Å². The second-order valence-electron chi connectivity index (χ2n) is 6.46. The van der Waals surface area contributed by atoms with E-state index in [0.717, 1.165) is 10.5 Å².